The second-order valence-corrected chi connectivity index (χ2v) is 7.23. The highest BCUT2D eigenvalue weighted by Gasteiger charge is 2.30. The molecule has 2 aromatic carbocycles. The SMILES string of the molecule is CN1[C@H](C[C@H](O)c2ccccc2)CCC[C@H]1C[C@H](O)c1ccccc1. The summed E-state index contributed by atoms with van der Waals surface area (Å²) in [7, 11) is 2.14. The van der Waals surface area contributed by atoms with Gasteiger partial charge in [0.05, 0.1) is 12.2 Å². The number of piperidine rings is 1. The summed E-state index contributed by atoms with van der Waals surface area (Å²) in [5.74, 6) is 0. The van der Waals surface area contributed by atoms with Gasteiger partial charge < -0.3 is 15.1 Å². The van der Waals surface area contributed by atoms with Crippen molar-refractivity contribution < 1.29 is 10.2 Å². The summed E-state index contributed by atoms with van der Waals surface area (Å²) in [6.07, 6.45) is 4.02. The predicted molar refractivity (Wildman–Crippen MR) is 101 cm³/mol. The lowest BCUT2D eigenvalue weighted by Gasteiger charge is -2.41. The number of hydrogen-bond donors (Lipinski definition) is 2. The van der Waals surface area contributed by atoms with E-state index in [1.165, 1.54) is 0 Å². The quantitative estimate of drug-likeness (QED) is 0.833. The van der Waals surface area contributed by atoms with Gasteiger partial charge in [0.1, 0.15) is 0 Å². The maximum atomic E-state index is 10.6. The summed E-state index contributed by atoms with van der Waals surface area (Å²) in [4.78, 5) is 2.38. The monoisotopic (exact) mass is 339 g/mol. The van der Waals surface area contributed by atoms with Crippen LogP contribution in [-0.4, -0.2) is 34.2 Å². The molecule has 134 valence electrons. The van der Waals surface area contributed by atoms with Gasteiger partial charge in [-0.2, -0.15) is 0 Å². The van der Waals surface area contributed by atoms with Crippen molar-refractivity contribution in [2.75, 3.05) is 7.05 Å². The Kier molecular flexibility index (Phi) is 6.24. The van der Waals surface area contributed by atoms with E-state index in [1.54, 1.807) is 0 Å². The zero-order valence-corrected chi connectivity index (χ0v) is 15.0. The second kappa shape index (κ2) is 8.61. The molecule has 0 saturated carbocycles. The molecular weight excluding hydrogens is 310 g/mol. The Hall–Kier alpha value is -1.68. The topological polar surface area (TPSA) is 43.7 Å². The van der Waals surface area contributed by atoms with Crippen LogP contribution in [0.25, 0.3) is 0 Å². The van der Waals surface area contributed by atoms with Gasteiger partial charge in [-0.1, -0.05) is 67.1 Å². The van der Waals surface area contributed by atoms with Crippen LogP contribution in [0.1, 0.15) is 55.4 Å². The maximum Gasteiger partial charge on any atom is 0.0805 e. The van der Waals surface area contributed by atoms with Crippen LogP contribution >= 0.6 is 0 Å². The zero-order chi connectivity index (χ0) is 17.6. The Bertz CT molecular complexity index is 575. The maximum absolute atomic E-state index is 10.6. The largest absolute Gasteiger partial charge is 0.388 e. The summed E-state index contributed by atoms with van der Waals surface area (Å²) in [5, 5.41) is 21.1. The highest BCUT2D eigenvalue weighted by Crippen LogP contribution is 2.32. The number of aliphatic hydroxyl groups excluding tert-OH is 2. The first-order valence-corrected chi connectivity index (χ1v) is 9.33. The molecule has 2 N–H and O–H groups in total. The van der Waals surface area contributed by atoms with Gasteiger partial charge in [0.15, 0.2) is 0 Å². The smallest absolute Gasteiger partial charge is 0.0805 e. The third kappa shape index (κ3) is 4.69. The third-order valence-electron chi connectivity index (χ3n) is 5.59. The molecule has 0 bridgehead atoms. The highest BCUT2D eigenvalue weighted by molar-refractivity contribution is 5.18. The van der Waals surface area contributed by atoms with Crippen molar-refractivity contribution in [1.82, 2.24) is 4.90 Å². The minimum Gasteiger partial charge on any atom is -0.388 e. The first kappa shape index (κ1) is 18.1. The number of aliphatic hydroxyl groups is 2. The molecule has 0 aliphatic carbocycles. The van der Waals surface area contributed by atoms with E-state index in [4.69, 9.17) is 0 Å². The molecule has 1 saturated heterocycles. The van der Waals surface area contributed by atoms with Crippen molar-refractivity contribution in [3.63, 3.8) is 0 Å². The molecule has 0 aromatic heterocycles. The van der Waals surface area contributed by atoms with Crippen LogP contribution in [-0.2, 0) is 0 Å². The molecule has 1 fully saturated rings. The number of rotatable bonds is 6. The Labute approximate surface area is 150 Å². The van der Waals surface area contributed by atoms with Crippen LogP contribution in [0, 0.1) is 0 Å². The van der Waals surface area contributed by atoms with Gasteiger partial charge in [0, 0.05) is 12.1 Å². The number of likely N-dealkylation sites (tertiary alicyclic amines) is 1. The van der Waals surface area contributed by atoms with E-state index < -0.39 is 12.2 Å². The first-order valence-electron chi connectivity index (χ1n) is 9.33. The minimum atomic E-state index is -0.425. The van der Waals surface area contributed by atoms with E-state index in [2.05, 4.69) is 11.9 Å². The fraction of sp³-hybridized carbons (Fsp3) is 0.455. The molecule has 3 heteroatoms. The van der Waals surface area contributed by atoms with Crippen molar-refractivity contribution >= 4 is 0 Å². The van der Waals surface area contributed by atoms with Crippen molar-refractivity contribution in [3.05, 3.63) is 71.8 Å². The first-order chi connectivity index (χ1) is 12.1. The van der Waals surface area contributed by atoms with Crippen LogP contribution in [0.3, 0.4) is 0 Å². The molecule has 1 aliphatic rings. The fourth-order valence-corrected chi connectivity index (χ4v) is 4.00. The van der Waals surface area contributed by atoms with Crippen molar-refractivity contribution in [2.24, 2.45) is 0 Å². The average molecular weight is 339 g/mol. The molecule has 2 aromatic rings. The van der Waals surface area contributed by atoms with Gasteiger partial charge in [0.2, 0.25) is 0 Å². The van der Waals surface area contributed by atoms with E-state index in [0.717, 1.165) is 43.2 Å². The Morgan fingerprint density at radius 3 is 1.60 bits per heavy atom. The summed E-state index contributed by atoms with van der Waals surface area (Å²) in [5.41, 5.74) is 1.98. The van der Waals surface area contributed by atoms with Crippen LogP contribution in [0.2, 0.25) is 0 Å². The third-order valence-corrected chi connectivity index (χ3v) is 5.59. The zero-order valence-electron chi connectivity index (χ0n) is 15.0. The molecule has 4 atom stereocenters. The average Bonchev–Trinajstić information content (AvgIpc) is 2.66. The van der Waals surface area contributed by atoms with Gasteiger partial charge >= 0.3 is 0 Å². The number of hydrogen-bond acceptors (Lipinski definition) is 3. The Morgan fingerprint density at radius 1 is 0.800 bits per heavy atom. The van der Waals surface area contributed by atoms with E-state index in [-0.39, 0.29) is 0 Å². The predicted octanol–water partition coefficient (Wildman–Crippen LogP) is 4.09. The molecular formula is C22H29NO2. The molecule has 0 unspecified atom stereocenters. The van der Waals surface area contributed by atoms with E-state index in [1.807, 2.05) is 60.7 Å². The van der Waals surface area contributed by atoms with Gasteiger partial charge in [-0.15, -0.1) is 0 Å². The second-order valence-electron chi connectivity index (χ2n) is 7.23. The lowest BCUT2D eigenvalue weighted by molar-refractivity contribution is 0.0350. The molecule has 0 spiro atoms. The Balaban J connectivity index is 1.60. The summed E-state index contributed by atoms with van der Waals surface area (Å²) in [6.45, 7) is 0. The summed E-state index contributed by atoms with van der Waals surface area (Å²) >= 11 is 0. The highest BCUT2D eigenvalue weighted by atomic mass is 16.3. The van der Waals surface area contributed by atoms with Gasteiger partial charge in [0.25, 0.3) is 0 Å². The number of nitrogens with zero attached hydrogens (tertiary/aromatic N) is 1. The van der Waals surface area contributed by atoms with Crippen LogP contribution in [0.4, 0.5) is 0 Å². The van der Waals surface area contributed by atoms with E-state index >= 15 is 0 Å². The van der Waals surface area contributed by atoms with Gasteiger partial charge in [-0.05, 0) is 43.9 Å². The lowest BCUT2D eigenvalue weighted by Crippen LogP contribution is -2.45. The summed E-state index contributed by atoms with van der Waals surface area (Å²) in [6, 6.07) is 20.5. The summed E-state index contributed by atoms with van der Waals surface area (Å²) < 4.78 is 0. The van der Waals surface area contributed by atoms with Crippen molar-refractivity contribution in [3.8, 4) is 0 Å². The van der Waals surface area contributed by atoms with Crippen molar-refractivity contribution in [2.45, 2.75) is 56.4 Å². The Morgan fingerprint density at radius 2 is 1.20 bits per heavy atom. The molecule has 3 rings (SSSR count). The normalized spacial score (nSPS) is 24.0. The van der Waals surface area contributed by atoms with Crippen LogP contribution in [0.5, 0.6) is 0 Å². The fourth-order valence-electron chi connectivity index (χ4n) is 4.00. The molecule has 25 heavy (non-hydrogen) atoms. The van der Waals surface area contributed by atoms with Crippen LogP contribution < -0.4 is 0 Å². The lowest BCUT2D eigenvalue weighted by atomic mass is 9.88. The molecule has 0 radical (unpaired) electrons. The standard InChI is InChI=1S/C22H29NO2/c1-23-19(15-21(24)17-9-4-2-5-10-17)13-8-14-20(23)16-22(25)18-11-6-3-7-12-18/h2-7,9-12,19-22,24-25H,8,13-16H2,1H3/t19-,20-,21-,22-/m0/s1. The minimum absolute atomic E-state index is 0.358. The van der Waals surface area contributed by atoms with E-state index in [9.17, 15) is 10.2 Å². The van der Waals surface area contributed by atoms with Crippen molar-refractivity contribution in [1.29, 1.82) is 0 Å². The van der Waals surface area contributed by atoms with Gasteiger partial charge in [-0.3, -0.25) is 0 Å². The van der Waals surface area contributed by atoms with Gasteiger partial charge in [-0.25, -0.2) is 0 Å². The number of benzene rings is 2. The van der Waals surface area contributed by atoms with E-state index in [0.29, 0.717) is 12.1 Å². The van der Waals surface area contributed by atoms with Crippen LogP contribution in [0.15, 0.2) is 60.7 Å². The molecule has 1 aliphatic heterocycles. The molecule has 0 amide bonds. The molecule has 1 heterocycles. The molecule has 3 nitrogen and oxygen atoms in total.